The first kappa shape index (κ1) is 11.5. The van der Waals surface area contributed by atoms with Crippen LogP contribution in [0.1, 0.15) is 0 Å². The number of rotatable bonds is 4. The molecular formula is C15H15NO. The molecule has 2 aromatic rings. The summed E-state index contributed by atoms with van der Waals surface area (Å²) in [5.74, 6) is 0.838. The number of hydrogen-bond donors (Lipinski definition) is 1. The van der Waals surface area contributed by atoms with Crippen LogP contribution in [0.2, 0.25) is 0 Å². The molecule has 0 fully saturated rings. The molecule has 0 aromatic heterocycles. The largest absolute Gasteiger partial charge is 0.489 e. The van der Waals surface area contributed by atoms with Gasteiger partial charge in [0.05, 0.1) is 0 Å². The van der Waals surface area contributed by atoms with Crippen molar-refractivity contribution < 1.29 is 4.74 Å². The molecule has 0 radical (unpaired) electrons. The fourth-order valence-corrected chi connectivity index (χ4v) is 1.61. The lowest BCUT2D eigenvalue weighted by atomic mass is 10.1. The van der Waals surface area contributed by atoms with Crippen molar-refractivity contribution in [2.24, 2.45) is 5.73 Å². The fourth-order valence-electron chi connectivity index (χ4n) is 1.61. The van der Waals surface area contributed by atoms with E-state index in [9.17, 15) is 0 Å². The predicted molar refractivity (Wildman–Crippen MR) is 71.2 cm³/mol. The van der Waals surface area contributed by atoms with Crippen LogP contribution < -0.4 is 10.5 Å². The Morgan fingerprint density at radius 2 is 1.94 bits per heavy atom. The summed E-state index contributed by atoms with van der Waals surface area (Å²) in [6, 6.07) is 14.2. The molecule has 0 heterocycles. The van der Waals surface area contributed by atoms with Crippen LogP contribution in [0.25, 0.3) is 10.8 Å². The quantitative estimate of drug-likeness (QED) is 0.812. The molecule has 17 heavy (non-hydrogen) atoms. The summed E-state index contributed by atoms with van der Waals surface area (Å²) in [4.78, 5) is 0. The minimum absolute atomic E-state index is 0.428. The maximum absolute atomic E-state index is 5.64. The Kier molecular flexibility index (Phi) is 3.61. The van der Waals surface area contributed by atoms with Gasteiger partial charge < -0.3 is 10.5 Å². The number of fused-ring (bicyclic) bond motifs is 1. The van der Waals surface area contributed by atoms with Crippen LogP contribution in [0.4, 0.5) is 0 Å². The van der Waals surface area contributed by atoms with Crippen molar-refractivity contribution in [3.63, 3.8) is 0 Å². The molecule has 2 rings (SSSR count). The van der Waals surface area contributed by atoms with Crippen LogP contribution in [0, 0.1) is 0 Å². The van der Waals surface area contributed by atoms with Gasteiger partial charge in [-0.25, -0.2) is 0 Å². The van der Waals surface area contributed by atoms with Gasteiger partial charge in [0.2, 0.25) is 0 Å². The molecule has 0 aliphatic heterocycles. The van der Waals surface area contributed by atoms with Crippen molar-refractivity contribution in [1.29, 1.82) is 0 Å². The van der Waals surface area contributed by atoms with Crippen LogP contribution >= 0.6 is 0 Å². The van der Waals surface area contributed by atoms with E-state index in [4.69, 9.17) is 10.5 Å². The van der Waals surface area contributed by atoms with Gasteiger partial charge in [0.25, 0.3) is 0 Å². The summed E-state index contributed by atoms with van der Waals surface area (Å²) in [6.45, 7) is 4.44. The minimum Gasteiger partial charge on any atom is -0.489 e. The lowest BCUT2D eigenvalue weighted by Crippen LogP contribution is -2.10. The highest BCUT2D eigenvalue weighted by Gasteiger charge is 1.98. The molecule has 0 saturated heterocycles. The van der Waals surface area contributed by atoms with Gasteiger partial charge in [-0.05, 0) is 22.9 Å². The van der Waals surface area contributed by atoms with Gasteiger partial charge in [-0.15, -0.1) is 5.73 Å². The summed E-state index contributed by atoms with van der Waals surface area (Å²) in [5.41, 5.74) is 9.17. The van der Waals surface area contributed by atoms with Crippen molar-refractivity contribution in [1.82, 2.24) is 0 Å². The van der Waals surface area contributed by atoms with E-state index in [0.717, 1.165) is 11.3 Å². The van der Waals surface area contributed by atoms with E-state index in [2.05, 4.69) is 24.4 Å². The van der Waals surface area contributed by atoms with Gasteiger partial charge in [-0.2, -0.15) is 0 Å². The zero-order chi connectivity index (χ0) is 12.1. The van der Waals surface area contributed by atoms with E-state index in [1.165, 1.54) is 10.8 Å². The number of nitrogens with two attached hydrogens (primary N) is 1. The molecule has 0 aliphatic carbocycles. The highest BCUT2D eigenvalue weighted by atomic mass is 16.5. The summed E-state index contributed by atoms with van der Waals surface area (Å²) >= 11 is 0. The maximum atomic E-state index is 5.64. The molecule has 2 N–H and O–H groups in total. The Morgan fingerprint density at radius 3 is 2.65 bits per heavy atom. The number of hydrogen-bond acceptors (Lipinski definition) is 2. The first-order chi connectivity index (χ1) is 8.33. The van der Waals surface area contributed by atoms with Crippen molar-refractivity contribution in [3.8, 4) is 5.75 Å². The maximum Gasteiger partial charge on any atom is 0.120 e. The van der Waals surface area contributed by atoms with Crippen LogP contribution in [0.5, 0.6) is 5.75 Å². The van der Waals surface area contributed by atoms with Crippen molar-refractivity contribution in [3.05, 3.63) is 60.3 Å². The second-order valence-corrected chi connectivity index (χ2v) is 3.78. The lowest BCUT2D eigenvalue weighted by Gasteiger charge is -2.07. The van der Waals surface area contributed by atoms with E-state index in [-0.39, 0.29) is 0 Å². The average Bonchev–Trinajstić information content (AvgIpc) is 2.40. The van der Waals surface area contributed by atoms with Crippen LogP contribution in [0.15, 0.2) is 60.3 Å². The van der Waals surface area contributed by atoms with Gasteiger partial charge in [0.1, 0.15) is 12.4 Å². The Labute approximate surface area is 101 Å². The fraction of sp³-hybridized carbons (Fsp3) is 0.133. The third kappa shape index (κ3) is 2.76. The highest BCUT2D eigenvalue weighted by Crippen LogP contribution is 2.20. The second kappa shape index (κ2) is 5.35. The molecular weight excluding hydrogens is 210 g/mol. The normalized spacial score (nSPS) is 9.94. The molecule has 0 amide bonds. The number of benzene rings is 2. The van der Waals surface area contributed by atoms with Gasteiger partial charge in [-0.3, -0.25) is 0 Å². The van der Waals surface area contributed by atoms with E-state index in [1.54, 1.807) is 0 Å². The van der Waals surface area contributed by atoms with Gasteiger partial charge in [-0.1, -0.05) is 36.9 Å². The molecule has 0 aliphatic rings. The predicted octanol–water partition coefficient (Wildman–Crippen LogP) is 2.89. The van der Waals surface area contributed by atoms with Crippen LogP contribution in [-0.2, 0) is 0 Å². The summed E-state index contributed by atoms with van der Waals surface area (Å²) < 4.78 is 5.64. The van der Waals surface area contributed by atoms with Gasteiger partial charge in [0, 0.05) is 12.1 Å². The molecule has 2 heteroatoms. The van der Waals surface area contributed by atoms with E-state index < -0.39 is 0 Å². The SMILES string of the molecule is C=C=C(CN)COc1ccc2ccccc2c1. The highest BCUT2D eigenvalue weighted by molar-refractivity contribution is 5.83. The van der Waals surface area contributed by atoms with Crippen molar-refractivity contribution >= 4 is 10.8 Å². The van der Waals surface area contributed by atoms with E-state index in [0.29, 0.717) is 13.2 Å². The average molecular weight is 225 g/mol. The molecule has 2 nitrogen and oxygen atoms in total. The van der Waals surface area contributed by atoms with Crippen LogP contribution in [-0.4, -0.2) is 13.2 Å². The third-order valence-electron chi connectivity index (χ3n) is 2.63. The zero-order valence-electron chi connectivity index (χ0n) is 9.65. The minimum atomic E-state index is 0.428. The summed E-state index contributed by atoms with van der Waals surface area (Å²) in [7, 11) is 0. The zero-order valence-corrected chi connectivity index (χ0v) is 9.65. The first-order valence-electron chi connectivity index (χ1n) is 5.53. The van der Waals surface area contributed by atoms with Crippen molar-refractivity contribution in [2.45, 2.75) is 0 Å². The molecule has 86 valence electrons. The number of ether oxygens (including phenoxy) is 1. The van der Waals surface area contributed by atoms with Gasteiger partial charge in [0.15, 0.2) is 0 Å². The molecule has 0 saturated carbocycles. The molecule has 2 aromatic carbocycles. The topological polar surface area (TPSA) is 35.2 Å². The van der Waals surface area contributed by atoms with E-state index >= 15 is 0 Å². The van der Waals surface area contributed by atoms with Gasteiger partial charge >= 0.3 is 0 Å². The third-order valence-corrected chi connectivity index (χ3v) is 2.63. The lowest BCUT2D eigenvalue weighted by molar-refractivity contribution is 0.351. The summed E-state index contributed by atoms with van der Waals surface area (Å²) in [6.07, 6.45) is 0. The molecule has 0 spiro atoms. The Balaban J connectivity index is 2.17. The molecule has 0 unspecified atom stereocenters. The summed E-state index contributed by atoms with van der Waals surface area (Å²) in [5, 5.41) is 2.38. The Bertz CT molecular complexity index is 568. The second-order valence-electron chi connectivity index (χ2n) is 3.78. The van der Waals surface area contributed by atoms with E-state index in [1.807, 2.05) is 30.3 Å². The molecule has 0 atom stereocenters. The Hall–Kier alpha value is -2.02. The van der Waals surface area contributed by atoms with Crippen LogP contribution in [0.3, 0.4) is 0 Å². The standard InChI is InChI=1S/C15H15NO/c1-2-12(10-16)11-17-15-8-7-13-5-3-4-6-14(13)9-15/h3-9H,1,10-11,16H2. The first-order valence-corrected chi connectivity index (χ1v) is 5.53. The molecule has 0 bridgehead atoms. The smallest absolute Gasteiger partial charge is 0.120 e. The monoisotopic (exact) mass is 225 g/mol. The van der Waals surface area contributed by atoms with Crippen molar-refractivity contribution in [2.75, 3.05) is 13.2 Å². The Morgan fingerprint density at radius 1 is 1.18 bits per heavy atom.